The van der Waals surface area contributed by atoms with E-state index < -0.39 is 17.7 Å². The molecule has 0 saturated carbocycles. The lowest BCUT2D eigenvalue weighted by atomic mass is 9.96. The summed E-state index contributed by atoms with van der Waals surface area (Å²) in [4.78, 5) is 33.5. The average molecular weight is 457 g/mol. The summed E-state index contributed by atoms with van der Waals surface area (Å²) in [5.41, 5.74) is 1.37. The van der Waals surface area contributed by atoms with E-state index in [4.69, 9.17) is 5.11 Å². The molecule has 0 aliphatic rings. The van der Waals surface area contributed by atoms with E-state index in [1.54, 1.807) is 37.4 Å². The van der Waals surface area contributed by atoms with Crippen LogP contribution in [0.5, 0.6) is 0 Å². The molecule has 0 radical (unpaired) electrons. The molecule has 172 valence electrons. The third-order valence-electron chi connectivity index (χ3n) is 5.05. The van der Waals surface area contributed by atoms with Gasteiger partial charge in [-0.1, -0.05) is 12.1 Å². The average Bonchev–Trinajstić information content (AvgIpc) is 2.77. The van der Waals surface area contributed by atoms with Crippen molar-refractivity contribution in [2.45, 2.75) is 32.5 Å². The molecule has 0 bridgehead atoms. The van der Waals surface area contributed by atoms with Crippen LogP contribution in [0, 0.1) is 0 Å². The van der Waals surface area contributed by atoms with Crippen LogP contribution in [0.1, 0.15) is 29.3 Å². The molecule has 9 heteroatoms. The summed E-state index contributed by atoms with van der Waals surface area (Å²) in [6.07, 6.45) is -0.356. The van der Waals surface area contributed by atoms with Crippen molar-refractivity contribution in [2.24, 2.45) is 0 Å². The Labute approximate surface area is 188 Å². The smallest absolute Gasteiger partial charge is 0.416 e. The molecule has 33 heavy (non-hydrogen) atoms. The van der Waals surface area contributed by atoms with E-state index in [0.717, 1.165) is 12.1 Å². The normalized spacial score (nSPS) is 11.3. The lowest BCUT2D eigenvalue weighted by molar-refractivity contribution is -0.138. The number of aromatic nitrogens is 2. The number of carbonyl (C=O) groups excluding carboxylic acids is 1. The first-order valence-electron chi connectivity index (χ1n) is 10.2. The van der Waals surface area contributed by atoms with E-state index in [9.17, 15) is 22.8 Å². The van der Waals surface area contributed by atoms with Gasteiger partial charge in [0, 0.05) is 42.9 Å². The van der Waals surface area contributed by atoms with Gasteiger partial charge in [-0.15, -0.1) is 0 Å². The van der Waals surface area contributed by atoms with Gasteiger partial charge in [0.25, 0.3) is 0 Å². The molecule has 6 nitrogen and oxygen atoms in total. The van der Waals surface area contributed by atoms with Gasteiger partial charge < -0.3 is 10.0 Å². The maximum absolute atomic E-state index is 13.4. The Morgan fingerprint density at radius 3 is 2.48 bits per heavy atom. The molecule has 0 fully saturated rings. The number of halogens is 3. The molecule has 2 aromatic heterocycles. The molecular weight excluding hydrogens is 435 g/mol. The van der Waals surface area contributed by atoms with Crippen molar-refractivity contribution in [3.63, 3.8) is 0 Å². The topological polar surface area (TPSA) is 83.4 Å². The predicted molar refractivity (Wildman–Crippen MR) is 115 cm³/mol. The number of likely N-dealkylation sites (N-methyl/N-ethyl adjacent to an activating group) is 1. The van der Waals surface area contributed by atoms with Crippen molar-refractivity contribution >= 4 is 11.9 Å². The summed E-state index contributed by atoms with van der Waals surface area (Å²) in [6, 6.07) is 10.1. The highest BCUT2D eigenvalue weighted by atomic mass is 19.4. The predicted octanol–water partition coefficient (Wildman–Crippen LogP) is 4.38. The van der Waals surface area contributed by atoms with Crippen LogP contribution < -0.4 is 0 Å². The lowest BCUT2D eigenvalue weighted by Gasteiger charge is -2.23. The van der Waals surface area contributed by atoms with Gasteiger partial charge in [-0.05, 0) is 53.9 Å². The van der Waals surface area contributed by atoms with Gasteiger partial charge in [0.1, 0.15) is 0 Å². The Balaban J connectivity index is 1.97. The largest absolute Gasteiger partial charge is 0.481 e. The number of carboxylic acids is 1. The van der Waals surface area contributed by atoms with Crippen LogP contribution in [0.15, 0.2) is 61.1 Å². The number of alkyl halides is 3. The number of carbonyl (C=O) groups is 2. The van der Waals surface area contributed by atoms with E-state index in [1.807, 2.05) is 0 Å². The summed E-state index contributed by atoms with van der Waals surface area (Å²) in [6.45, 7) is 1.99. The highest BCUT2D eigenvalue weighted by Gasteiger charge is 2.31. The summed E-state index contributed by atoms with van der Waals surface area (Å²) < 4.78 is 40.2. The standard InChI is InChI=1S/C24H22F3N3O3/c1-2-30(22(31)12-20-5-3-4-8-29-20)15-18-11-19(24(25,26)27)6-7-21(18)17-9-16(10-23(32)33)13-28-14-17/h3-9,11,13-14H,2,10,12,15H2,1H3,(H,32,33). The summed E-state index contributed by atoms with van der Waals surface area (Å²) in [7, 11) is 0. The first-order valence-corrected chi connectivity index (χ1v) is 10.2. The van der Waals surface area contributed by atoms with Crippen LogP contribution in [-0.2, 0) is 35.2 Å². The second-order valence-electron chi connectivity index (χ2n) is 7.43. The molecule has 1 amide bonds. The molecule has 1 N–H and O–H groups in total. The maximum Gasteiger partial charge on any atom is 0.416 e. The van der Waals surface area contributed by atoms with Gasteiger partial charge in [0.05, 0.1) is 18.4 Å². The van der Waals surface area contributed by atoms with Gasteiger partial charge >= 0.3 is 12.1 Å². The first kappa shape index (κ1) is 23.9. The van der Waals surface area contributed by atoms with Crippen molar-refractivity contribution in [3.05, 3.63) is 83.4 Å². The van der Waals surface area contributed by atoms with E-state index in [2.05, 4.69) is 9.97 Å². The van der Waals surface area contributed by atoms with Gasteiger partial charge in [-0.3, -0.25) is 19.6 Å². The molecular formula is C24H22F3N3O3. The molecule has 3 rings (SSSR count). The molecule has 0 atom stereocenters. The van der Waals surface area contributed by atoms with E-state index in [-0.39, 0.29) is 30.9 Å². The summed E-state index contributed by atoms with van der Waals surface area (Å²) in [5.74, 6) is -1.31. The quantitative estimate of drug-likeness (QED) is 0.543. The number of hydrogen-bond acceptors (Lipinski definition) is 4. The Morgan fingerprint density at radius 2 is 1.85 bits per heavy atom. The van der Waals surface area contributed by atoms with Gasteiger partial charge in [0.15, 0.2) is 0 Å². The van der Waals surface area contributed by atoms with Crippen LogP contribution in [-0.4, -0.2) is 38.4 Å². The Hall–Kier alpha value is -3.75. The Kier molecular flexibility index (Phi) is 7.42. The number of amides is 1. The van der Waals surface area contributed by atoms with Crippen LogP contribution >= 0.6 is 0 Å². The zero-order valence-electron chi connectivity index (χ0n) is 17.8. The van der Waals surface area contributed by atoms with Crippen molar-refractivity contribution in [1.82, 2.24) is 14.9 Å². The molecule has 1 aromatic carbocycles. The molecule has 2 heterocycles. The van der Waals surface area contributed by atoms with Crippen molar-refractivity contribution in [2.75, 3.05) is 6.54 Å². The minimum absolute atomic E-state index is 0.0264. The monoisotopic (exact) mass is 457 g/mol. The maximum atomic E-state index is 13.4. The Morgan fingerprint density at radius 1 is 1.06 bits per heavy atom. The number of benzene rings is 1. The van der Waals surface area contributed by atoms with Crippen molar-refractivity contribution in [3.8, 4) is 11.1 Å². The fourth-order valence-corrected chi connectivity index (χ4v) is 3.44. The van der Waals surface area contributed by atoms with E-state index >= 15 is 0 Å². The minimum atomic E-state index is -4.55. The number of aliphatic carboxylic acids is 1. The number of nitrogens with zero attached hydrogens (tertiary/aromatic N) is 3. The van der Waals surface area contributed by atoms with Gasteiger partial charge in [0.2, 0.25) is 5.91 Å². The number of hydrogen-bond donors (Lipinski definition) is 1. The second kappa shape index (κ2) is 10.2. The number of carboxylic acid groups (broad SMARTS) is 1. The molecule has 0 aliphatic carbocycles. The highest BCUT2D eigenvalue weighted by molar-refractivity contribution is 5.79. The number of rotatable bonds is 8. The van der Waals surface area contributed by atoms with E-state index in [0.29, 0.717) is 28.9 Å². The van der Waals surface area contributed by atoms with Crippen LogP contribution in [0.3, 0.4) is 0 Å². The SMILES string of the molecule is CCN(Cc1cc(C(F)(F)F)ccc1-c1cncc(CC(=O)O)c1)C(=O)Cc1ccccn1. The van der Waals surface area contributed by atoms with Crippen molar-refractivity contribution < 1.29 is 27.9 Å². The van der Waals surface area contributed by atoms with Crippen LogP contribution in [0.25, 0.3) is 11.1 Å². The third kappa shape index (κ3) is 6.38. The third-order valence-corrected chi connectivity index (χ3v) is 5.05. The van der Waals surface area contributed by atoms with Crippen LogP contribution in [0.2, 0.25) is 0 Å². The highest BCUT2D eigenvalue weighted by Crippen LogP contribution is 2.34. The van der Waals surface area contributed by atoms with Crippen molar-refractivity contribution in [1.29, 1.82) is 0 Å². The lowest BCUT2D eigenvalue weighted by Crippen LogP contribution is -2.32. The fourth-order valence-electron chi connectivity index (χ4n) is 3.44. The molecule has 0 unspecified atom stereocenters. The van der Waals surface area contributed by atoms with Crippen LogP contribution in [0.4, 0.5) is 13.2 Å². The Bertz CT molecular complexity index is 1130. The van der Waals surface area contributed by atoms with Gasteiger partial charge in [-0.25, -0.2) is 0 Å². The summed E-state index contributed by atoms with van der Waals surface area (Å²) >= 11 is 0. The summed E-state index contributed by atoms with van der Waals surface area (Å²) in [5, 5.41) is 9.04. The molecule has 0 spiro atoms. The van der Waals surface area contributed by atoms with Gasteiger partial charge in [-0.2, -0.15) is 13.2 Å². The van der Waals surface area contributed by atoms with E-state index in [1.165, 1.54) is 23.4 Å². The molecule has 0 saturated heterocycles. The molecule has 0 aliphatic heterocycles. The molecule has 3 aromatic rings. The minimum Gasteiger partial charge on any atom is -0.481 e. The zero-order chi connectivity index (χ0) is 24.0. The fraction of sp³-hybridized carbons (Fsp3) is 0.250. The number of pyridine rings is 2. The first-order chi connectivity index (χ1) is 15.7. The zero-order valence-corrected chi connectivity index (χ0v) is 17.8. The second-order valence-corrected chi connectivity index (χ2v) is 7.43.